The van der Waals surface area contributed by atoms with E-state index in [1.54, 1.807) is 23.6 Å². The van der Waals surface area contributed by atoms with Crippen LogP contribution < -0.4 is 10.9 Å². The molecular formula is C15H18N2O4S. The van der Waals surface area contributed by atoms with Crippen LogP contribution in [0.2, 0.25) is 0 Å². The smallest absolute Gasteiger partial charge is 0.307 e. The zero-order valence-corrected chi connectivity index (χ0v) is 13.0. The van der Waals surface area contributed by atoms with Crippen molar-refractivity contribution < 1.29 is 19.5 Å². The van der Waals surface area contributed by atoms with Gasteiger partial charge in [-0.25, -0.2) is 0 Å². The quantitative estimate of drug-likeness (QED) is 0.581. The van der Waals surface area contributed by atoms with Gasteiger partial charge >= 0.3 is 5.97 Å². The Morgan fingerprint density at radius 1 is 1.23 bits per heavy atom. The summed E-state index contributed by atoms with van der Waals surface area (Å²) in [5, 5.41) is 10.9. The number of carboxylic acids is 1. The molecule has 1 heterocycles. The van der Waals surface area contributed by atoms with Crippen molar-refractivity contribution in [1.82, 2.24) is 10.9 Å². The molecular weight excluding hydrogens is 304 g/mol. The van der Waals surface area contributed by atoms with Crippen LogP contribution in [0.5, 0.6) is 0 Å². The first-order valence-electron chi connectivity index (χ1n) is 7.08. The van der Waals surface area contributed by atoms with Gasteiger partial charge in [0.2, 0.25) is 5.91 Å². The number of carbonyl (C=O) groups excluding carboxylic acids is 2. The molecule has 2 amide bonds. The van der Waals surface area contributed by atoms with E-state index in [2.05, 4.69) is 10.9 Å². The number of amides is 2. The third-order valence-electron chi connectivity index (χ3n) is 3.65. The van der Waals surface area contributed by atoms with Gasteiger partial charge in [-0.3, -0.25) is 25.2 Å². The van der Waals surface area contributed by atoms with Crippen LogP contribution in [0.15, 0.2) is 23.6 Å². The molecule has 1 aromatic heterocycles. The molecule has 1 aliphatic rings. The Kier molecular flexibility index (Phi) is 5.32. The minimum atomic E-state index is -0.999. The van der Waals surface area contributed by atoms with E-state index in [0.717, 1.165) is 11.3 Å². The number of carboxylic acid groups (broad SMARTS) is 1. The summed E-state index contributed by atoms with van der Waals surface area (Å²) >= 11 is 1.48. The molecule has 0 aromatic carbocycles. The van der Waals surface area contributed by atoms with Gasteiger partial charge in [0.15, 0.2) is 0 Å². The minimum absolute atomic E-state index is 0.325. The fourth-order valence-electron chi connectivity index (χ4n) is 2.35. The summed E-state index contributed by atoms with van der Waals surface area (Å²) in [4.78, 5) is 36.3. The molecule has 0 fully saturated rings. The largest absolute Gasteiger partial charge is 0.481 e. The number of allylic oxidation sites excluding steroid dienone is 2. The van der Waals surface area contributed by atoms with E-state index in [1.807, 2.05) is 6.92 Å². The van der Waals surface area contributed by atoms with E-state index in [9.17, 15) is 14.4 Å². The van der Waals surface area contributed by atoms with Crippen LogP contribution in [0.1, 0.15) is 35.0 Å². The van der Waals surface area contributed by atoms with Crippen LogP contribution in [0.25, 0.3) is 0 Å². The summed E-state index contributed by atoms with van der Waals surface area (Å²) < 4.78 is 0. The molecule has 2 atom stereocenters. The highest BCUT2D eigenvalue weighted by Crippen LogP contribution is 2.25. The number of hydrogen-bond acceptors (Lipinski definition) is 4. The third kappa shape index (κ3) is 3.73. The Morgan fingerprint density at radius 3 is 2.50 bits per heavy atom. The molecule has 0 bridgehead atoms. The van der Waals surface area contributed by atoms with E-state index in [0.29, 0.717) is 18.4 Å². The SMILES string of the molecule is CCc1cc(C(=O)NNC(=O)C2CC=CCC2C(=O)O)cs1. The van der Waals surface area contributed by atoms with Gasteiger partial charge in [0.05, 0.1) is 17.4 Å². The van der Waals surface area contributed by atoms with Crippen molar-refractivity contribution in [2.24, 2.45) is 11.8 Å². The molecule has 22 heavy (non-hydrogen) atoms. The van der Waals surface area contributed by atoms with E-state index >= 15 is 0 Å². The maximum absolute atomic E-state index is 12.1. The van der Waals surface area contributed by atoms with Crippen molar-refractivity contribution in [3.63, 3.8) is 0 Å². The van der Waals surface area contributed by atoms with Crippen LogP contribution in [0.4, 0.5) is 0 Å². The highest BCUT2D eigenvalue weighted by Gasteiger charge is 2.34. The number of thiophene rings is 1. The van der Waals surface area contributed by atoms with Gasteiger partial charge in [0.25, 0.3) is 5.91 Å². The van der Waals surface area contributed by atoms with Gasteiger partial charge in [-0.05, 0) is 25.3 Å². The Balaban J connectivity index is 1.92. The van der Waals surface area contributed by atoms with E-state index in [1.165, 1.54) is 11.3 Å². The van der Waals surface area contributed by atoms with Crippen molar-refractivity contribution in [3.8, 4) is 0 Å². The van der Waals surface area contributed by atoms with Crippen molar-refractivity contribution in [2.75, 3.05) is 0 Å². The average Bonchev–Trinajstić information content (AvgIpc) is 3.01. The summed E-state index contributed by atoms with van der Waals surface area (Å²) in [6, 6.07) is 1.77. The standard InChI is InChI=1S/C15H18N2O4S/c1-2-10-7-9(8-22-10)13(18)16-17-14(19)11-5-3-4-6-12(11)15(20)21/h3-4,7-8,11-12H,2,5-6H2,1H3,(H,16,18)(H,17,19)(H,20,21). The fraction of sp³-hybridized carbons (Fsp3) is 0.400. The number of rotatable bonds is 4. The molecule has 0 aliphatic heterocycles. The predicted octanol–water partition coefficient (Wildman–Crippen LogP) is 1.74. The molecule has 0 saturated carbocycles. The van der Waals surface area contributed by atoms with Crippen LogP contribution in [0, 0.1) is 11.8 Å². The van der Waals surface area contributed by atoms with Gasteiger partial charge < -0.3 is 5.11 Å². The zero-order chi connectivity index (χ0) is 16.1. The van der Waals surface area contributed by atoms with Gasteiger partial charge in [-0.1, -0.05) is 19.1 Å². The molecule has 6 nitrogen and oxygen atoms in total. The second-order valence-corrected chi connectivity index (χ2v) is 6.09. The molecule has 118 valence electrons. The second kappa shape index (κ2) is 7.22. The topological polar surface area (TPSA) is 95.5 Å². The van der Waals surface area contributed by atoms with Crippen LogP contribution in [0.3, 0.4) is 0 Å². The van der Waals surface area contributed by atoms with Gasteiger partial charge in [0.1, 0.15) is 0 Å². The maximum Gasteiger partial charge on any atom is 0.307 e. The fourth-order valence-corrected chi connectivity index (χ4v) is 3.16. The minimum Gasteiger partial charge on any atom is -0.481 e. The second-order valence-electron chi connectivity index (χ2n) is 5.09. The Bertz CT molecular complexity index is 608. The van der Waals surface area contributed by atoms with E-state index in [4.69, 9.17) is 5.11 Å². The first kappa shape index (κ1) is 16.2. The number of hydrazine groups is 1. The van der Waals surface area contributed by atoms with Gasteiger partial charge in [-0.2, -0.15) is 0 Å². The summed E-state index contributed by atoms with van der Waals surface area (Å²) in [6.45, 7) is 2.00. The lowest BCUT2D eigenvalue weighted by molar-refractivity contribution is -0.147. The summed E-state index contributed by atoms with van der Waals surface area (Å²) in [6.07, 6.45) is 5.08. The van der Waals surface area contributed by atoms with Crippen LogP contribution in [-0.4, -0.2) is 22.9 Å². The van der Waals surface area contributed by atoms with Crippen molar-refractivity contribution in [1.29, 1.82) is 0 Å². The summed E-state index contributed by atoms with van der Waals surface area (Å²) in [5.41, 5.74) is 5.16. The summed E-state index contributed by atoms with van der Waals surface area (Å²) in [5.74, 6) is -3.30. The summed E-state index contributed by atoms with van der Waals surface area (Å²) in [7, 11) is 0. The highest BCUT2D eigenvalue weighted by molar-refractivity contribution is 7.10. The van der Waals surface area contributed by atoms with E-state index < -0.39 is 29.6 Å². The number of aryl methyl sites for hydroxylation is 1. The lowest BCUT2D eigenvalue weighted by Crippen LogP contribution is -2.47. The number of aliphatic carboxylic acids is 1. The predicted molar refractivity (Wildman–Crippen MR) is 82.3 cm³/mol. The van der Waals surface area contributed by atoms with Gasteiger partial charge in [0, 0.05) is 10.3 Å². The first-order valence-corrected chi connectivity index (χ1v) is 7.96. The molecule has 2 rings (SSSR count). The highest BCUT2D eigenvalue weighted by atomic mass is 32.1. The monoisotopic (exact) mass is 322 g/mol. The number of nitrogens with one attached hydrogen (secondary N) is 2. The lowest BCUT2D eigenvalue weighted by Gasteiger charge is -2.24. The average molecular weight is 322 g/mol. The molecule has 0 saturated heterocycles. The maximum atomic E-state index is 12.1. The third-order valence-corrected chi connectivity index (χ3v) is 4.73. The Hall–Kier alpha value is -2.15. The molecule has 0 spiro atoms. The first-order chi connectivity index (χ1) is 10.5. The van der Waals surface area contributed by atoms with E-state index in [-0.39, 0.29) is 0 Å². The van der Waals surface area contributed by atoms with Gasteiger partial charge in [-0.15, -0.1) is 11.3 Å². The van der Waals surface area contributed by atoms with Crippen LogP contribution >= 0.6 is 11.3 Å². The van der Waals surface area contributed by atoms with Crippen molar-refractivity contribution >= 4 is 29.1 Å². The van der Waals surface area contributed by atoms with Crippen LogP contribution in [-0.2, 0) is 16.0 Å². The normalized spacial score (nSPS) is 20.4. The lowest BCUT2D eigenvalue weighted by atomic mass is 9.82. The molecule has 1 aromatic rings. The van der Waals surface area contributed by atoms with Crippen molar-refractivity contribution in [2.45, 2.75) is 26.2 Å². The molecule has 3 N–H and O–H groups in total. The van der Waals surface area contributed by atoms with Crippen molar-refractivity contribution in [3.05, 3.63) is 34.0 Å². The zero-order valence-electron chi connectivity index (χ0n) is 12.2. The molecule has 7 heteroatoms. The number of hydrogen-bond donors (Lipinski definition) is 3. The number of carbonyl (C=O) groups is 3. The molecule has 2 unspecified atom stereocenters. The molecule has 0 radical (unpaired) electrons. The molecule has 1 aliphatic carbocycles. The Labute approximate surface area is 132 Å². The Morgan fingerprint density at radius 2 is 1.91 bits per heavy atom.